The first kappa shape index (κ1) is 25.2. The second-order valence-electron chi connectivity index (χ2n) is 8.27. The molecule has 0 fully saturated rings. The molecular formula is C27H22F2N2O4S. The van der Waals surface area contributed by atoms with Crippen molar-refractivity contribution in [2.45, 2.75) is 24.3 Å². The maximum absolute atomic E-state index is 13.5. The van der Waals surface area contributed by atoms with Gasteiger partial charge in [0.15, 0.2) is 17.4 Å². The molecule has 0 saturated heterocycles. The number of aryl methyl sites for hydroxylation is 1. The molecule has 0 unspecified atom stereocenters. The number of hydrogen-bond donors (Lipinski definition) is 1. The standard InChI is InChI=1S/C27H22F2N2O4S/c28-23-12-10-19(16-24(23)29)17-31-14-4-8-22(27(31)33)25(32)13-11-18-5-3-6-20(15-18)21-7-1-2-9-26(21)36(30,34)35/h1-10,12,14-16H,11,13,17H2,(H2,30,34,35). The lowest BCUT2D eigenvalue weighted by molar-refractivity contribution is 0.0980. The van der Waals surface area contributed by atoms with Gasteiger partial charge in [0.05, 0.1) is 17.0 Å². The van der Waals surface area contributed by atoms with E-state index in [0.717, 1.165) is 17.7 Å². The molecule has 0 saturated carbocycles. The number of pyridine rings is 1. The maximum Gasteiger partial charge on any atom is 0.261 e. The Labute approximate surface area is 206 Å². The third-order valence-electron chi connectivity index (χ3n) is 5.73. The lowest BCUT2D eigenvalue weighted by Gasteiger charge is -2.10. The minimum absolute atomic E-state index is 0.00379. The Hall–Kier alpha value is -3.95. The molecule has 0 aliphatic rings. The van der Waals surface area contributed by atoms with Crippen molar-refractivity contribution in [3.05, 3.63) is 124 Å². The number of halogens is 2. The Morgan fingerprint density at radius 3 is 2.39 bits per heavy atom. The summed E-state index contributed by atoms with van der Waals surface area (Å²) in [5.74, 6) is -2.36. The molecule has 184 valence electrons. The van der Waals surface area contributed by atoms with Crippen LogP contribution in [0.25, 0.3) is 11.1 Å². The lowest BCUT2D eigenvalue weighted by atomic mass is 9.99. The number of nitrogens with zero attached hydrogens (tertiary/aromatic N) is 1. The van der Waals surface area contributed by atoms with Gasteiger partial charge >= 0.3 is 0 Å². The highest BCUT2D eigenvalue weighted by molar-refractivity contribution is 7.89. The van der Waals surface area contributed by atoms with E-state index in [2.05, 4.69) is 0 Å². The van der Waals surface area contributed by atoms with Gasteiger partial charge in [-0.1, -0.05) is 48.5 Å². The molecule has 0 spiro atoms. The molecule has 9 heteroatoms. The van der Waals surface area contributed by atoms with Crippen molar-refractivity contribution in [2.75, 3.05) is 0 Å². The first-order valence-corrected chi connectivity index (χ1v) is 12.6. The summed E-state index contributed by atoms with van der Waals surface area (Å²) in [5, 5.41) is 5.35. The van der Waals surface area contributed by atoms with E-state index in [1.807, 2.05) is 6.07 Å². The predicted molar refractivity (Wildman–Crippen MR) is 132 cm³/mol. The lowest BCUT2D eigenvalue weighted by Crippen LogP contribution is -2.26. The summed E-state index contributed by atoms with van der Waals surface area (Å²) in [4.78, 5) is 25.7. The number of carbonyl (C=O) groups is 1. The Balaban J connectivity index is 1.52. The summed E-state index contributed by atoms with van der Waals surface area (Å²) in [5.41, 5.74) is 1.73. The molecule has 0 aliphatic heterocycles. The molecule has 6 nitrogen and oxygen atoms in total. The van der Waals surface area contributed by atoms with E-state index in [-0.39, 0.29) is 29.2 Å². The number of benzene rings is 3. The highest BCUT2D eigenvalue weighted by Gasteiger charge is 2.16. The highest BCUT2D eigenvalue weighted by atomic mass is 32.2. The fourth-order valence-corrected chi connectivity index (χ4v) is 4.71. The zero-order chi connectivity index (χ0) is 25.9. The second kappa shape index (κ2) is 10.3. The van der Waals surface area contributed by atoms with E-state index in [4.69, 9.17) is 5.14 Å². The number of nitrogens with two attached hydrogens (primary N) is 1. The van der Waals surface area contributed by atoms with Crippen LogP contribution in [-0.2, 0) is 23.0 Å². The molecule has 4 aromatic rings. The minimum atomic E-state index is -3.92. The molecule has 1 aromatic heterocycles. The first-order valence-electron chi connectivity index (χ1n) is 11.0. The number of aromatic nitrogens is 1. The van der Waals surface area contributed by atoms with Crippen molar-refractivity contribution in [3.63, 3.8) is 0 Å². The van der Waals surface area contributed by atoms with E-state index >= 15 is 0 Å². The zero-order valence-electron chi connectivity index (χ0n) is 19.0. The van der Waals surface area contributed by atoms with Crippen LogP contribution in [0.1, 0.15) is 27.9 Å². The molecule has 0 radical (unpaired) electrons. The molecule has 0 aliphatic carbocycles. The topological polar surface area (TPSA) is 99.2 Å². The quantitative estimate of drug-likeness (QED) is 0.359. The van der Waals surface area contributed by atoms with Crippen LogP contribution in [0.5, 0.6) is 0 Å². The average molecular weight is 509 g/mol. The molecule has 2 N–H and O–H groups in total. The van der Waals surface area contributed by atoms with Gasteiger partial charge in [-0.2, -0.15) is 0 Å². The van der Waals surface area contributed by atoms with Crippen LogP contribution in [0.4, 0.5) is 8.78 Å². The van der Waals surface area contributed by atoms with Crippen LogP contribution in [0, 0.1) is 11.6 Å². The van der Waals surface area contributed by atoms with Crippen LogP contribution in [0.3, 0.4) is 0 Å². The first-order chi connectivity index (χ1) is 17.1. The van der Waals surface area contributed by atoms with Crippen molar-refractivity contribution < 1.29 is 22.0 Å². The Bertz CT molecular complexity index is 1610. The molecule has 4 rings (SSSR count). The van der Waals surface area contributed by atoms with Gasteiger partial charge in [-0.05, 0) is 53.4 Å². The Kier molecular flexibility index (Phi) is 7.23. The van der Waals surface area contributed by atoms with Crippen molar-refractivity contribution in [1.29, 1.82) is 0 Å². The van der Waals surface area contributed by atoms with Crippen molar-refractivity contribution in [3.8, 4) is 11.1 Å². The number of primary sulfonamides is 1. The number of Topliss-reactive ketones (excluding diaryl/α,β-unsaturated/α-hetero) is 1. The van der Waals surface area contributed by atoms with Gasteiger partial charge in [0, 0.05) is 18.2 Å². The van der Waals surface area contributed by atoms with Crippen molar-refractivity contribution in [2.24, 2.45) is 5.14 Å². The van der Waals surface area contributed by atoms with Gasteiger partial charge in [-0.15, -0.1) is 0 Å². The molecule has 0 bridgehead atoms. The number of ketones is 1. The smallest absolute Gasteiger partial charge is 0.261 e. The van der Waals surface area contributed by atoms with Crippen LogP contribution < -0.4 is 10.7 Å². The van der Waals surface area contributed by atoms with Gasteiger partial charge in [0.25, 0.3) is 5.56 Å². The molecule has 0 atom stereocenters. The molecule has 36 heavy (non-hydrogen) atoms. The van der Waals surface area contributed by atoms with Gasteiger partial charge in [0.1, 0.15) is 0 Å². The van der Waals surface area contributed by atoms with E-state index in [9.17, 15) is 26.8 Å². The third-order valence-corrected chi connectivity index (χ3v) is 6.70. The largest absolute Gasteiger partial charge is 0.310 e. The van der Waals surface area contributed by atoms with Crippen LogP contribution in [-0.4, -0.2) is 18.8 Å². The van der Waals surface area contributed by atoms with E-state index < -0.39 is 27.2 Å². The SMILES string of the molecule is NS(=O)(=O)c1ccccc1-c1cccc(CCC(=O)c2cccn(Cc3ccc(F)c(F)c3)c2=O)c1. The summed E-state index contributed by atoms with van der Waals surface area (Å²) < 4.78 is 51.9. The fourth-order valence-electron chi connectivity index (χ4n) is 3.95. The molecule has 0 amide bonds. The van der Waals surface area contributed by atoms with Gasteiger partial charge in [-0.25, -0.2) is 22.3 Å². The van der Waals surface area contributed by atoms with Gasteiger partial charge in [0.2, 0.25) is 10.0 Å². The number of sulfonamides is 1. The van der Waals surface area contributed by atoms with Crippen LogP contribution in [0.2, 0.25) is 0 Å². The Morgan fingerprint density at radius 2 is 1.64 bits per heavy atom. The van der Waals surface area contributed by atoms with Crippen LogP contribution >= 0.6 is 0 Å². The summed E-state index contributed by atoms with van der Waals surface area (Å²) >= 11 is 0. The van der Waals surface area contributed by atoms with Gasteiger partial charge in [-0.3, -0.25) is 9.59 Å². The number of carbonyl (C=O) groups excluding carboxylic acids is 1. The minimum Gasteiger partial charge on any atom is -0.310 e. The highest BCUT2D eigenvalue weighted by Crippen LogP contribution is 2.27. The van der Waals surface area contributed by atoms with E-state index in [1.54, 1.807) is 42.5 Å². The monoisotopic (exact) mass is 508 g/mol. The predicted octanol–water partition coefficient (Wildman–Crippen LogP) is 4.30. The summed E-state index contributed by atoms with van der Waals surface area (Å²) in [6, 6.07) is 19.8. The van der Waals surface area contributed by atoms with E-state index in [0.29, 0.717) is 23.1 Å². The summed E-state index contributed by atoms with van der Waals surface area (Å²) in [7, 11) is -3.92. The van der Waals surface area contributed by atoms with Gasteiger partial charge < -0.3 is 4.57 Å². The fraction of sp³-hybridized carbons (Fsp3) is 0.111. The maximum atomic E-state index is 13.5. The van der Waals surface area contributed by atoms with Crippen molar-refractivity contribution >= 4 is 15.8 Å². The zero-order valence-corrected chi connectivity index (χ0v) is 19.8. The Morgan fingerprint density at radius 1 is 0.861 bits per heavy atom. The van der Waals surface area contributed by atoms with Crippen LogP contribution in [0.15, 0.2) is 94.7 Å². The molecule has 1 heterocycles. The molecular weight excluding hydrogens is 486 g/mol. The molecule has 3 aromatic carbocycles. The second-order valence-corrected chi connectivity index (χ2v) is 9.80. The summed E-state index contributed by atoms with van der Waals surface area (Å²) in [6.07, 6.45) is 1.85. The van der Waals surface area contributed by atoms with Crippen molar-refractivity contribution in [1.82, 2.24) is 4.57 Å². The average Bonchev–Trinajstić information content (AvgIpc) is 2.86. The number of hydrogen-bond acceptors (Lipinski definition) is 4. The normalized spacial score (nSPS) is 11.4. The van der Waals surface area contributed by atoms with E-state index in [1.165, 1.54) is 29.0 Å². The third kappa shape index (κ3) is 5.64. The number of rotatable bonds is 8. The summed E-state index contributed by atoms with van der Waals surface area (Å²) in [6.45, 7) is -0.0113.